The highest BCUT2D eigenvalue weighted by molar-refractivity contribution is 6.44. The summed E-state index contributed by atoms with van der Waals surface area (Å²) in [5.74, 6) is -1.50. The lowest BCUT2D eigenvalue weighted by Crippen LogP contribution is -2.45. The summed E-state index contributed by atoms with van der Waals surface area (Å²) in [4.78, 5) is 35.9. The lowest BCUT2D eigenvalue weighted by atomic mass is 10.2. The fourth-order valence-electron chi connectivity index (χ4n) is 2.94. The van der Waals surface area contributed by atoms with Crippen molar-refractivity contribution in [1.82, 2.24) is 15.4 Å². The zero-order chi connectivity index (χ0) is 22.4. The number of fused-ring (bicyclic) bond motifs is 1. The minimum atomic E-state index is -0.601. The van der Waals surface area contributed by atoms with E-state index in [1.54, 1.807) is 18.2 Å². The summed E-state index contributed by atoms with van der Waals surface area (Å²) < 4.78 is 6.90. The molecule has 3 rings (SSSR count). The van der Waals surface area contributed by atoms with Crippen molar-refractivity contribution in [2.24, 2.45) is 0 Å². The van der Waals surface area contributed by atoms with Gasteiger partial charge in [-0.05, 0) is 36.6 Å². The molecule has 0 spiro atoms. The molecule has 0 atom stereocenters. The van der Waals surface area contributed by atoms with Gasteiger partial charge in [-0.1, -0.05) is 47.5 Å². The molecule has 10 heteroatoms. The molecule has 2 aromatic carbocycles. The number of anilines is 1. The molecular formula is C21H20Cl2N4O4. The molecule has 31 heavy (non-hydrogen) atoms. The average molecular weight is 463 g/mol. The van der Waals surface area contributed by atoms with Gasteiger partial charge in [-0.15, -0.1) is 0 Å². The Labute approximate surface area is 188 Å². The monoisotopic (exact) mass is 462 g/mol. The topological polar surface area (TPSA) is 101 Å². The third-order valence-corrected chi connectivity index (χ3v) is 5.17. The molecular weight excluding hydrogens is 443 g/mol. The van der Waals surface area contributed by atoms with E-state index in [1.807, 2.05) is 41.8 Å². The lowest BCUT2D eigenvalue weighted by Gasteiger charge is -2.11. The Hall–Kier alpha value is -3.07. The number of amides is 3. The van der Waals surface area contributed by atoms with Crippen molar-refractivity contribution in [2.75, 3.05) is 18.5 Å². The summed E-state index contributed by atoms with van der Waals surface area (Å²) in [6.07, 6.45) is 0. The number of nitrogens with zero attached hydrogens (tertiary/aromatic N) is 1. The van der Waals surface area contributed by atoms with Crippen LogP contribution in [0.2, 0.25) is 10.0 Å². The number of ether oxygens (including phenoxy) is 1. The van der Waals surface area contributed by atoms with Crippen molar-refractivity contribution >= 4 is 57.5 Å². The van der Waals surface area contributed by atoms with Crippen LogP contribution in [-0.2, 0) is 25.7 Å². The lowest BCUT2D eigenvalue weighted by molar-refractivity contribution is -0.133. The van der Waals surface area contributed by atoms with Crippen LogP contribution in [0.4, 0.5) is 5.69 Å². The number of carbonyl (C=O) groups excluding carboxylic acids is 3. The number of nitrogens with one attached hydrogen (secondary N) is 3. The first-order valence-electron chi connectivity index (χ1n) is 9.29. The summed E-state index contributed by atoms with van der Waals surface area (Å²) in [6.45, 7) is 1.16. The number of benzene rings is 2. The van der Waals surface area contributed by atoms with Gasteiger partial charge in [0.1, 0.15) is 19.8 Å². The average Bonchev–Trinajstić information content (AvgIpc) is 3.05. The first-order valence-corrected chi connectivity index (χ1v) is 10.0. The quantitative estimate of drug-likeness (QED) is 0.469. The predicted molar refractivity (Wildman–Crippen MR) is 119 cm³/mol. The van der Waals surface area contributed by atoms with Gasteiger partial charge in [0.2, 0.25) is 5.91 Å². The predicted octanol–water partition coefficient (Wildman–Crippen LogP) is 3.06. The standard InChI is InChI=1S/C21H20Cl2N4O4/c1-13-9-14-5-2-3-8-17(14)27(13)10-18(28)25-26-20(30)12-31-11-19(29)24-16-7-4-6-15(22)21(16)23/h2-9H,10-12H2,1H3,(H,24,29)(H,25,28)(H,26,30). The van der Waals surface area contributed by atoms with Gasteiger partial charge in [0, 0.05) is 11.2 Å². The molecule has 0 radical (unpaired) electrons. The van der Waals surface area contributed by atoms with Crippen molar-refractivity contribution in [2.45, 2.75) is 13.5 Å². The molecule has 1 heterocycles. The van der Waals surface area contributed by atoms with Gasteiger partial charge in [-0.25, -0.2) is 0 Å². The Balaban J connectivity index is 1.40. The Bertz CT molecular complexity index is 1130. The normalized spacial score (nSPS) is 10.7. The molecule has 8 nitrogen and oxygen atoms in total. The molecule has 0 aliphatic rings. The minimum Gasteiger partial charge on any atom is -0.362 e. The maximum absolute atomic E-state index is 12.2. The maximum atomic E-state index is 12.2. The molecule has 0 bridgehead atoms. The van der Waals surface area contributed by atoms with Gasteiger partial charge in [0.15, 0.2) is 0 Å². The van der Waals surface area contributed by atoms with Gasteiger partial charge in [0.25, 0.3) is 11.8 Å². The number of halogens is 2. The number of rotatable bonds is 7. The first-order chi connectivity index (χ1) is 14.8. The number of aryl methyl sites for hydroxylation is 1. The van der Waals surface area contributed by atoms with E-state index < -0.39 is 24.3 Å². The van der Waals surface area contributed by atoms with Crippen LogP contribution in [0.3, 0.4) is 0 Å². The van der Waals surface area contributed by atoms with Crippen molar-refractivity contribution < 1.29 is 19.1 Å². The van der Waals surface area contributed by atoms with E-state index in [0.29, 0.717) is 10.7 Å². The number of aromatic nitrogens is 1. The summed E-state index contributed by atoms with van der Waals surface area (Å²) >= 11 is 11.9. The van der Waals surface area contributed by atoms with Gasteiger partial charge in [-0.2, -0.15) is 0 Å². The molecule has 3 aromatic rings. The molecule has 0 saturated carbocycles. The Morgan fingerprint density at radius 3 is 2.45 bits per heavy atom. The SMILES string of the molecule is Cc1cc2ccccc2n1CC(=O)NNC(=O)COCC(=O)Nc1cccc(Cl)c1Cl. The molecule has 3 amide bonds. The first kappa shape index (κ1) is 22.6. The number of carbonyl (C=O) groups is 3. The third kappa shape index (κ3) is 5.97. The van der Waals surface area contributed by atoms with Crippen LogP contribution in [-0.4, -0.2) is 35.5 Å². The molecule has 0 saturated heterocycles. The van der Waals surface area contributed by atoms with E-state index in [2.05, 4.69) is 16.2 Å². The van der Waals surface area contributed by atoms with Crippen molar-refractivity contribution in [3.8, 4) is 0 Å². The molecule has 0 aliphatic heterocycles. The summed E-state index contributed by atoms with van der Waals surface area (Å²) in [5, 5.41) is 4.08. The fraction of sp³-hybridized carbons (Fsp3) is 0.190. The maximum Gasteiger partial charge on any atom is 0.264 e. The summed E-state index contributed by atoms with van der Waals surface area (Å²) in [5.41, 5.74) is 6.78. The van der Waals surface area contributed by atoms with Crippen molar-refractivity contribution in [1.29, 1.82) is 0 Å². The van der Waals surface area contributed by atoms with Gasteiger partial charge in [0.05, 0.1) is 15.7 Å². The minimum absolute atomic E-state index is 0.0449. The third-order valence-electron chi connectivity index (χ3n) is 4.35. The summed E-state index contributed by atoms with van der Waals surface area (Å²) in [7, 11) is 0. The van der Waals surface area contributed by atoms with Crippen molar-refractivity contribution in [3.05, 3.63) is 64.3 Å². The number of hydrogen-bond acceptors (Lipinski definition) is 4. The molecule has 1 aromatic heterocycles. The van der Waals surface area contributed by atoms with Crippen LogP contribution in [0.15, 0.2) is 48.5 Å². The molecule has 162 valence electrons. The van der Waals surface area contributed by atoms with E-state index in [0.717, 1.165) is 16.6 Å². The zero-order valence-corrected chi connectivity index (χ0v) is 18.1. The van der Waals surface area contributed by atoms with Crippen LogP contribution in [0.1, 0.15) is 5.69 Å². The van der Waals surface area contributed by atoms with E-state index >= 15 is 0 Å². The van der Waals surface area contributed by atoms with E-state index in [9.17, 15) is 14.4 Å². The van der Waals surface area contributed by atoms with E-state index in [4.69, 9.17) is 27.9 Å². The molecule has 0 aliphatic carbocycles. The van der Waals surface area contributed by atoms with Crippen LogP contribution >= 0.6 is 23.2 Å². The number of hydrazine groups is 1. The van der Waals surface area contributed by atoms with E-state index in [-0.39, 0.29) is 18.2 Å². The Morgan fingerprint density at radius 2 is 1.65 bits per heavy atom. The molecule has 3 N–H and O–H groups in total. The highest BCUT2D eigenvalue weighted by Crippen LogP contribution is 2.29. The van der Waals surface area contributed by atoms with E-state index in [1.165, 1.54) is 0 Å². The van der Waals surface area contributed by atoms with Gasteiger partial charge in [-0.3, -0.25) is 25.2 Å². The second-order valence-electron chi connectivity index (χ2n) is 6.67. The van der Waals surface area contributed by atoms with Crippen LogP contribution in [0, 0.1) is 6.92 Å². The largest absolute Gasteiger partial charge is 0.362 e. The van der Waals surface area contributed by atoms with Crippen molar-refractivity contribution in [3.63, 3.8) is 0 Å². The number of para-hydroxylation sites is 1. The molecule has 0 fully saturated rings. The van der Waals surface area contributed by atoms with Gasteiger partial charge >= 0.3 is 0 Å². The molecule has 0 unspecified atom stereocenters. The summed E-state index contributed by atoms with van der Waals surface area (Å²) in [6, 6.07) is 14.5. The fourth-order valence-corrected chi connectivity index (χ4v) is 3.29. The second-order valence-corrected chi connectivity index (χ2v) is 7.45. The number of hydrogen-bond donors (Lipinski definition) is 3. The smallest absolute Gasteiger partial charge is 0.264 e. The second kappa shape index (κ2) is 10.3. The Morgan fingerprint density at radius 1 is 0.935 bits per heavy atom. The highest BCUT2D eigenvalue weighted by atomic mass is 35.5. The van der Waals surface area contributed by atoms with Crippen LogP contribution in [0.5, 0.6) is 0 Å². The highest BCUT2D eigenvalue weighted by Gasteiger charge is 2.12. The van der Waals surface area contributed by atoms with Crippen LogP contribution < -0.4 is 16.2 Å². The van der Waals surface area contributed by atoms with Gasteiger partial charge < -0.3 is 14.6 Å². The van der Waals surface area contributed by atoms with Crippen LogP contribution in [0.25, 0.3) is 10.9 Å². The zero-order valence-electron chi connectivity index (χ0n) is 16.6. The Kier molecular flexibility index (Phi) is 7.51.